The van der Waals surface area contributed by atoms with Gasteiger partial charge >= 0.3 is 0 Å². The fraction of sp³-hybridized carbons (Fsp3) is 0.750. The molecule has 4 nitrogen and oxygen atoms in total. The number of rotatable bonds is 5. The number of amides is 1. The zero-order chi connectivity index (χ0) is 25.9. The van der Waals surface area contributed by atoms with E-state index in [9.17, 15) is 9.18 Å². The number of carbonyl (C=O) groups is 1. The van der Waals surface area contributed by atoms with Crippen LogP contribution in [0, 0.1) is 69.9 Å². The highest BCUT2D eigenvalue weighted by molar-refractivity contribution is 5.94. The summed E-state index contributed by atoms with van der Waals surface area (Å²) in [6.45, 7) is 7.64. The van der Waals surface area contributed by atoms with Crippen LogP contribution in [0.3, 0.4) is 0 Å². The number of nitrogens with one attached hydrogen (secondary N) is 1. The lowest BCUT2D eigenvalue weighted by Gasteiger charge is -2.61. The maximum Gasteiger partial charge on any atom is 0.254 e. The van der Waals surface area contributed by atoms with Gasteiger partial charge in [0.05, 0.1) is 23.3 Å². The topological polar surface area (TPSA) is 62.1 Å². The summed E-state index contributed by atoms with van der Waals surface area (Å²) >= 11 is 0. The number of benzene rings is 1. The van der Waals surface area contributed by atoms with Crippen molar-refractivity contribution in [1.29, 1.82) is 5.26 Å². The monoisotopic (exact) mass is 506 g/mol. The van der Waals surface area contributed by atoms with Crippen LogP contribution in [0.1, 0.15) is 94.5 Å². The zero-order valence-corrected chi connectivity index (χ0v) is 22.7. The maximum atomic E-state index is 14.5. The molecule has 5 aliphatic carbocycles. The minimum absolute atomic E-state index is 0.00270. The molecule has 5 unspecified atom stereocenters. The van der Waals surface area contributed by atoms with E-state index in [1.54, 1.807) is 0 Å². The smallest absolute Gasteiger partial charge is 0.254 e. The summed E-state index contributed by atoms with van der Waals surface area (Å²) in [5.74, 6) is 5.33. The quantitative estimate of drug-likeness (QED) is 0.481. The number of ether oxygens (including phenoxy) is 1. The number of hydrogen-bond donors (Lipinski definition) is 1. The first-order chi connectivity index (χ1) is 17.9. The fourth-order valence-corrected chi connectivity index (χ4v) is 10.4. The van der Waals surface area contributed by atoms with E-state index in [-0.39, 0.29) is 28.5 Å². The number of fused-ring (bicyclic) bond motifs is 7. The predicted molar refractivity (Wildman–Crippen MR) is 141 cm³/mol. The van der Waals surface area contributed by atoms with Crippen molar-refractivity contribution in [2.45, 2.75) is 90.7 Å². The van der Waals surface area contributed by atoms with Gasteiger partial charge in [0.2, 0.25) is 0 Å². The summed E-state index contributed by atoms with van der Waals surface area (Å²) in [7, 11) is 0. The van der Waals surface area contributed by atoms with E-state index in [0.717, 1.165) is 60.5 Å². The molecule has 5 fully saturated rings. The van der Waals surface area contributed by atoms with Crippen molar-refractivity contribution in [1.82, 2.24) is 5.32 Å². The van der Waals surface area contributed by atoms with Crippen LogP contribution >= 0.6 is 0 Å². The Labute approximate surface area is 221 Å². The van der Waals surface area contributed by atoms with Crippen LogP contribution in [0.5, 0.6) is 0 Å². The summed E-state index contributed by atoms with van der Waals surface area (Å²) in [5, 5.41) is 12.2. The van der Waals surface area contributed by atoms with E-state index >= 15 is 0 Å². The maximum absolute atomic E-state index is 14.5. The summed E-state index contributed by atoms with van der Waals surface area (Å²) in [6, 6.07) is 6.05. The van der Waals surface area contributed by atoms with E-state index < -0.39 is 5.82 Å². The molecule has 5 aliphatic rings. The first-order valence-electron chi connectivity index (χ1n) is 15.0. The molecule has 0 aromatic heterocycles. The first kappa shape index (κ1) is 25.4. The minimum Gasteiger partial charge on any atom is -0.378 e. The normalized spacial score (nSPS) is 42.7. The van der Waals surface area contributed by atoms with Crippen molar-refractivity contribution < 1.29 is 13.9 Å². The third-order valence-electron chi connectivity index (χ3n) is 11.9. The molecule has 200 valence electrons. The first-order valence-corrected chi connectivity index (χ1v) is 15.0. The van der Waals surface area contributed by atoms with Crippen molar-refractivity contribution in [3.8, 4) is 6.07 Å². The number of nitrogens with zero attached hydrogens (tertiary/aromatic N) is 1. The van der Waals surface area contributed by atoms with Gasteiger partial charge in [-0.05, 0) is 136 Å². The van der Waals surface area contributed by atoms with Gasteiger partial charge in [0.25, 0.3) is 5.91 Å². The largest absolute Gasteiger partial charge is 0.378 e. The predicted octanol–water partition coefficient (Wildman–Crippen LogP) is 6.74. The van der Waals surface area contributed by atoms with Gasteiger partial charge in [-0.15, -0.1) is 0 Å². The van der Waals surface area contributed by atoms with Gasteiger partial charge in [-0.1, -0.05) is 13.3 Å². The Kier molecular flexibility index (Phi) is 6.63. The summed E-state index contributed by atoms with van der Waals surface area (Å²) in [5.41, 5.74) is 0.499. The molecule has 11 atom stereocenters. The molecular weight excluding hydrogens is 463 g/mol. The van der Waals surface area contributed by atoms with Crippen LogP contribution in [0.4, 0.5) is 4.39 Å². The Morgan fingerprint density at radius 1 is 1.11 bits per heavy atom. The van der Waals surface area contributed by atoms with Crippen LogP contribution in [-0.2, 0) is 4.74 Å². The highest BCUT2D eigenvalue weighted by Crippen LogP contribution is 2.67. The molecule has 0 spiro atoms. The molecule has 0 heterocycles. The lowest BCUT2D eigenvalue weighted by molar-refractivity contribution is -0.114. The van der Waals surface area contributed by atoms with Crippen LogP contribution in [0.2, 0.25) is 0 Å². The van der Waals surface area contributed by atoms with Gasteiger partial charge in [-0.2, -0.15) is 5.26 Å². The van der Waals surface area contributed by atoms with Crippen molar-refractivity contribution in [2.24, 2.45) is 52.8 Å². The number of carbonyl (C=O) groups excluding carboxylic acids is 1. The van der Waals surface area contributed by atoms with Crippen LogP contribution < -0.4 is 5.32 Å². The standard InChI is InChI=1S/C32H43FN2O2/c1-4-37-30-25-13-10-20-21-14-15-32(3)26(6-5-7-27(32)22(21)11-12-23(20)29(25)30)18(2)35-31(36)24-9-8-19(17-34)16-28(24)33/h8-9,16,18,20-23,25-27,29-30H,4-7,10-15H2,1-3H3,(H,35,36)/t18-,20-,21?,22-,23?,25+,26-,27?,29?,30?,32-/m1/s1. The van der Waals surface area contributed by atoms with Gasteiger partial charge in [-0.25, -0.2) is 4.39 Å². The third-order valence-corrected chi connectivity index (χ3v) is 11.9. The Morgan fingerprint density at radius 3 is 2.59 bits per heavy atom. The lowest BCUT2D eigenvalue weighted by Crippen LogP contribution is -2.56. The molecule has 1 amide bonds. The molecule has 5 heteroatoms. The van der Waals surface area contributed by atoms with Crippen molar-refractivity contribution in [3.63, 3.8) is 0 Å². The number of nitriles is 1. The van der Waals surface area contributed by atoms with E-state index in [0.29, 0.717) is 12.0 Å². The fourth-order valence-electron chi connectivity index (χ4n) is 10.4. The van der Waals surface area contributed by atoms with Gasteiger partial charge < -0.3 is 10.1 Å². The second-order valence-corrected chi connectivity index (χ2v) is 13.2. The molecule has 1 aromatic carbocycles. The van der Waals surface area contributed by atoms with Crippen molar-refractivity contribution >= 4 is 5.91 Å². The molecule has 0 saturated heterocycles. The number of hydrogen-bond acceptors (Lipinski definition) is 3. The van der Waals surface area contributed by atoms with Crippen LogP contribution in [-0.4, -0.2) is 24.7 Å². The van der Waals surface area contributed by atoms with Gasteiger partial charge in [-0.3, -0.25) is 4.79 Å². The van der Waals surface area contributed by atoms with E-state index in [1.807, 2.05) is 6.07 Å². The molecule has 1 N–H and O–H groups in total. The average Bonchev–Trinajstić information content (AvgIpc) is 3.60. The van der Waals surface area contributed by atoms with Crippen molar-refractivity contribution in [2.75, 3.05) is 6.61 Å². The highest BCUT2D eigenvalue weighted by Gasteiger charge is 2.63. The van der Waals surface area contributed by atoms with Crippen molar-refractivity contribution in [3.05, 3.63) is 35.1 Å². The van der Waals surface area contributed by atoms with Crippen LogP contribution in [0.15, 0.2) is 18.2 Å². The van der Waals surface area contributed by atoms with Crippen LogP contribution in [0.25, 0.3) is 0 Å². The van der Waals surface area contributed by atoms with Gasteiger partial charge in [0.1, 0.15) is 5.82 Å². The average molecular weight is 507 g/mol. The third kappa shape index (κ3) is 4.13. The zero-order valence-electron chi connectivity index (χ0n) is 22.7. The SMILES string of the molecule is CCOC1C2C3CC[C@@H]4C(CC[C@@]5(C)C4CCC[C@@H]5[C@@H](C)NC(=O)c4ccc(C#N)cc4F)[C@H]3CC[C@H]12. The van der Waals surface area contributed by atoms with E-state index in [2.05, 4.69) is 26.1 Å². The molecule has 0 bridgehead atoms. The highest BCUT2D eigenvalue weighted by atomic mass is 19.1. The molecule has 5 saturated carbocycles. The van der Waals surface area contributed by atoms with E-state index in [1.165, 1.54) is 63.5 Å². The van der Waals surface area contributed by atoms with Gasteiger partial charge in [0, 0.05) is 12.6 Å². The lowest BCUT2D eigenvalue weighted by atomic mass is 9.44. The molecule has 6 rings (SSSR count). The second-order valence-electron chi connectivity index (χ2n) is 13.2. The Hall–Kier alpha value is -1.93. The molecule has 0 radical (unpaired) electrons. The summed E-state index contributed by atoms with van der Waals surface area (Å²) in [4.78, 5) is 13.0. The molecule has 37 heavy (non-hydrogen) atoms. The minimum atomic E-state index is -0.620. The Bertz CT molecular complexity index is 1080. The summed E-state index contributed by atoms with van der Waals surface area (Å²) in [6.07, 6.45) is 12.4. The second kappa shape index (κ2) is 9.67. The number of halogens is 1. The summed E-state index contributed by atoms with van der Waals surface area (Å²) < 4.78 is 20.7. The Morgan fingerprint density at radius 2 is 1.84 bits per heavy atom. The molecule has 0 aliphatic heterocycles. The van der Waals surface area contributed by atoms with E-state index in [4.69, 9.17) is 10.00 Å². The Balaban J connectivity index is 1.16. The molecular formula is C32H43FN2O2. The molecule has 1 aromatic rings. The van der Waals surface area contributed by atoms with Gasteiger partial charge in [0.15, 0.2) is 0 Å².